The van der Waals surface area contributed by atoms with Gasteiger partial charge in [-0.05, 0) is 89.2 Å². The molecule has 0 aliphatic carbocycles. The number of nitrogens with zero attached hydrogens (tertiary/aromatic N) is 1. The molecule has 154 valence electrons. The van der Waals surface area contributed by atoms with Crippen LogP contribution < -0.4 is 14.9 Å². The van der Waals surface area contributed by atoms with Crippen molar-refractivity contribution < 1.29 is 14.3 Å². The number of hydrogen-bond donors (Lipinski definition) is 1. The first kappa shape index (κ1) is 22.1. The van der Waals surface area contributed by atoms with Crippen LogP contribution >= 0.6 is 34.2 Å². The van der Waals surface area contributed by atoms with Gasteiger partial charge in [0.15, 0.2) is 11.5 Å². The van der Waals surface area contributed by atoms with Crippen LogP contribution in [0.3, 0.4) is 0 Å². The van der Waals surface area contributed by atoms with Gasteiger partial charge < -0.3 is 9.47 Å². The lowest BCUT2D eigenvalue weighted by atomic mass is 10.2. The van der Waals surface area contributed by atoms with E-state index in [1.165, 1.54) is 0 Å². The van der Waals surface area contributed by atoms with Crippen LogP contribution in [0.25, 0.3) is 0 Å². The second-order valence-corrected chi connectivity index (χ2v) is 7.95. The highest BCUT2D eigenvalue weighted by atomic mass is 127. The van der Waals surface area contributed by atoms with E-state index in [-0.39, 0.29) is 5.91 Å². The molecule has 0 spiro atoms. The number of amides is 1. The summed E-state index contributed by atoms with van der Waals surface area (Å²) in [5.74, 6) is 0.959. The van der Waals surface area contributed by atoms with Crippen LogP contribution in [-0.2, 0) is 6.61 Å². The van der Waals surface area contributed by atoms with E-state index >= 15 is 0 Å². The zero-order chi connectivity index (χ0) is 21.3. The molecule has 1 N–H and O–H groups in total. The van der Waals surface area contributed by atoms with Crippen LogP contribution in [0.1, 0.15) is 28.4 Å². The van der Waals surface area contributed by atoms with Crippen molar-refractivity contribution in [1.82, 2.24) is 5.43 Å². The van der Waals surface area contributed by atoms with E-state index in [0.29, 0.717) is 35.3 Å². The van der Waals surface area contributed by atoms with E-state index in [0.717, 1.165) is 14.7 Å². The maximum Gasteiger partial charge on any atom is 0.271 e. The molecule has 5 nitrogen and oxygen atoms in total. The predicted molar refractivity (Wildman–Crippen MR) is 128 cm³/mol. The number of carbonyl (C=O) groups is 1. The van der Waals surface area contributed by atoms with E-state index in [1.807, 2.05) is 61.5 Å². The van der Waals surface area contributed by atoms with Crippen molar-refractivity contribution in [2.75, 3.05) is 6.61 Å². The van der Waals surface area contributed by atoms with Gasteiger partial charge in [-0.2, -0.15) is 5.10 Å². The summed E-state index contributed by atoms with van der Waals surface area (Å²) < 4.78 is 12.6. The fraction of sp³-hybridized carbons (Fsp3) is 0.130. The first-order valence-corrected chi connectivity index (χ1v) is 10.7. The summed E-state index contributed by atoms with van der Waals surface area (Å²) in [7, 11) is 0. The van der Waals surface area contributed by atoms with E-state index in [9.17, 15) is 4.79 Å². The van der Waals surface area contributed by atoms with Gasteiger partial charge in [0.1, 0.15) is 6.61 Å². The monoisotopic (exact) mass is 534 g/mol. The highest BCUT2D eigenvalue weighted by Gasteiger charge is 2.08. The first-order chi connectivity index (χ1) is 14.5. The molecule has 0 aliphatic rings. The molecule has 0 radical (unpaired) electrons. The second-order valence-electron chi connectivity index (χ2n) is 6.27. The lowest BCUT2D eigenvalue weighted by Gasteiger charge is -2.12. The molecule has 0 aromatic heterocycles. The molecule has 3 aromatic rings. The summed E-state index contributed by atoms with van der Waals surface area (Å²) in [5, 5.41) is 4.71. The van der Waals surface area contributed by atoms with Gasteiger partial charge in [0.05, 0.1) is 12.8 Å². The zero-order valence-electron chi connectivity index (χ0n) is 16.3. The van der Waals surface area contributed by atoms with Crippen molar-refractivity contribution in [1.29, 1.82) is 0 Å². The quantitative estimate of drug-likeness (QED) is 0.230. The minimum absolute atomic E-state index is 0.267. The Morgan fingerprint density at radius 2 is 1.90 bits per heavy atom. The number of carbonyl (C=O) groups excluding carboxylic acids is 1. The fourth-order valence-corrected chi connectivity index (χ4v) is 3.40. The minimum Gasteiger partial charge on any atom is -0.490 e. The third-order valence-corrected chi connectivity index (χ3v) is 4.92. The van der Waals surface area contributed by atoms with Crippen molar-refractivity contribution in [3.63, 3.8) is 0 Å². The SMILES string of the molecule is CCOc1cc(/C=N\NC(=O)c2cccc(I)c2)ccc1OCc1cccc(Cl)c1. The van der Waals surface area contributed by atoms with Gasteiger partial charge in [-0.25, -0.2) is 5.43 Å². The second kappa shape index (κ2) is 11.0. The molecular formula is C23H20ClIN2O3. The van der Waals surface area contributed by atoms with Gasteiger partial charge in [0.25, 0.3) is 5.91 Å². The predicted octanol–water partition coefficient (Wildman–Crippen LogP) is 5.69. The molecule has 0 aliphatic heterocycles. The number of ether oxygens (including phenoxy) is 2. The van der Waals surface area contributed by atoms with Crippen LogP contribution in [0.2, 0.25) is 5.02 Å². The van der Waals surface area contributed by atoms with Crippen LogP contribution in [0.4, 0.5) is 0 Å². The van der Waals surface area contributed by atoms with E-state index in [1.54, 1.807) is 18.3 Å². The molecular weight excluding hydrogens is 515 g/mol. The van der Waals surface area contributed by atoms with Gasteiger partial charge in [0, 0.05) is 14.2 Å². The average molecular weight is 535 g/mol. The summed E-state index contributed by atoms with van der Waals surface area (Å²) in [4.78, 5) is 12.2. The highest BCUT2D eigenvalue weighted by molar-refractivity contribution is 14.1. The molecule has 0 heterocycles. The molecule has 30 heavy (non-hydrogen) atoms. The van der Waals surface area contributed by atoms with Crippen LogP contribution in [-0.4, -0.2) is 18.7 Å². The lowest BCUT2D eigenvalue weighted by Crippen LogP contribution is -2.17. The third kappa shape index (κ3) is 6.47. The maximum absolute atomic E-state index is 12.2. The Balaban J connectivity index is 1.66. The average Bonchev–Trinajstić information content (AvgIpc) is 2.73. The molecule has 3 aromatic carbocycles. The summed E-state index contributed by atoms with van der Waals surface area (Å²) >= 11 is 8.18. The number of hydrazone groups is 1. The highest BCUT2D eigenvalue weighted by Crippen LogP contribution is 2.29. The van der Waals surface area contributed by atoms with Crippen LogP contribution in [0.5, 0.6) is 11.5 Å². The first-order valence-electron chi connectivity index (χ1n) is 9.28. The molecule has 0 saturated heterocycles. The molecule has 0 atom stereocenters. The number of nitrogens with one attached hydrogen (secondary N) is 1. The molecule has 1 amide bonds. The van der Waals surface area contributed by atoms with Crippen LogP contribution in [0.15, 0.2) is 71.8 Å². The van der Waals surface area contributed by atoms with Gasteiger partial charge in [0.2, 0.25) is 0 Å². The van der Waals surface area contributed by atoms with E-state index in [2.05, 4.69) is 33.1 Å². The Labute approximate surface area is 194 Å². The normalized spacial score (nSPS) is 10.8. The lowest BCUT2D eigenvalue weighted by molar-refractivity contribution is 0.0955. The topological polar surface area (TPSA) is 59.9 Å². The van der Waals surface area contributed by atoms with E-state index < -0.39 is 0 Å². The third-order valence-electron chi connectivity index (χ3n) is 4.02. The number of benzene rings is 3. The maximum atomic E-state index is 12.2. The Kier molecular flexibility index (Phi) is 8.10. The molecule has 0 unspecified atom stereocenters. The Morgan fingerprint density at radius 3 is 2.67 bits per heavy atom. The van der Waals surface area contributed by atoms with Crippen molar-refractivity contribution in [3.8, 4) is 11.5 Å². The summed E-state index contributed by atoms with van der Waals surface area (Å²) in [6, 6.07) is 20.3. The fourth-order valence-electron chi connectivity index (χ4n) is 2.64. The van der Waals surface area contributed by atoms with Crippen molar-refractivity contribution >= 4 is 46.3 Å². The summed E-state index contributed by atoms with van der Waals surface area (Å²) in [6.45, 7) is 2.78. The number of halogens is 2. The molecule has 0 bridgehead atoms. The smallest absolute Gasteiger partial charge is 0.271 e. The molecule has 3 rings (SSSR count). The van der Waals surface area contributed by atoms with Gasteiger partial charge >= 0.3 is 0 Å². The van der Waals surface area contributed by atoms with Crippen LogP contribution in [0, 0.1) is 3.57 Å². The number of rotatable bonds is 8. The van der Waals surface area contributed by atoms with Crippen molar-refractivity contribution in [2.45, 2.75) is 13.5 Å². The van der Waals surface area contributed by atoms with E-state index in [4.69, 9.17) is 21.1 Å². The van der Waals surface area contributed by atoms with Gasteiger partial charge in [-0.15, -0.1) is 0 Å². The van der Waals surface area contributed by atoms with Crippen molar-refractivity contribution in [3.05, 3.63) is 92.0 Å². The summed E-state index contributed by atoms with van der Waals surface area (Å²) in [6.07, 6.45) is 1.56. The Hall–Kier alpha value is -2.58. The zero-order valence-corrected chi connectivity index (χ0v) is 19.2. The van der Waals surface area contributed by atoms with Gasteiger partial charge in [-0.3, -0.25) is 4.79 Å². The molecule has 0 saturated carbocycles. The Morgan fingerprint density at radius 1 is 1.07 bits per heavy atom. The molecule has 7 heteroatoms. The Bertz CT molecular complexity index is 1060. The largest absolute Gasteiger partial charge is 0.490 e. The minimum atomic E-state index is -0.267. The molecule has 0 fully saturated rings. The summed E-state index contributed by atoms with van der Waals surface area (Å²) in [5.41, 5.74) is 4.83. The van der Waals surface area contributed by atoms with Gasteiger partial charge in [-0.1, -0.05) is 29.8 Å². The van der Waals surface area contributed by atoms with Crippen molar-refractivity contribution in [2.24, 2.45) is 5.10 Å². The number of hydrogen-bond acceptors (Lipinski definition) is 4. The standard InChI is InChI=1S/C23H20ClIN2O3/c1-2-29-22-12-16(14-26-27-23(28)18-6-4-8-20(25)13-18)9-10-21(22)30-15-17-5-3-7-19(24)11-17/h3-14H,2,15H2,1H3,(H,27,28)/b26-14-.